The van der Waals surface area contributed by atoms with Gasteiger partial charge >= 0.3 is 0 Å². The van der Waals surface area contributed by atoms with Crippen molar-refractivity contribution in [3.63, 3.8) is 0 Å². The predicted molar refractivity (Wildman–Crippen MR) is 133 cm³/mol. The van der Waals surface area contributed by atoms with Crippen LogP contribution in [0.2, 0.25) is 0 Å². The van der Waals surface area contributed by atoms with Gasteiger partial charge in [0.2, 0.25) is 12.1 Å². The van der Waals surface area contributed by atoms with Crippen LogP contribution in [0.25, 0.3) is 0 Å². The first-order valence-corrected chi connectivity index (χ1v) is 12.2. The van der Waals surface area contributed by atoms with E-state index in [1.807, 2.05) is 43.3 Å². The number of carbonyl (C=O) groups excluding carboxylic acids is 2. The van der Waals surface area contributed by atoms with E-state index in [1.165, 1.54) is 4.90 Å². The van der Waals surface area contributed by atoms with E-state index in [0.717, 1.165) is 36.8 Å². The number of hydrogen-bond donors (Lipinski definition) is 2. The Morgan fingerprint density at radius 3 is 2.74 bits per heavy atom. The number of aromatic nitrogens is 1. The van der Waals surface area contributed by atoms with Crippen LogP contribution in [-0.4, -0.2) is 46.9 Å². The van der Waals surface area contributed by atoms with E-state index in [9.17, 15) is 14.7 Å². The van der Waals surface area contributed by atoms with E-state index >= 15 is 0 Å². The number of unbranched alkanes of at least 4 members (excludes halogenated alkanes) is 1. The minimum atomic E-state index is -1.10. The van der Waals surface area contributed by atoms with Crippen LogP contribution in [-0.2, 0) is 9.59 Å². The van der Waals surface area contributed by atoms with Crippen molar-refractivity contribution in [1.82, 2.24) is 10.3 Å². The zero-order chi connectivity index (χ0) is 24.2. The Hall–Kier alpha value is -3.06. The number of nitrogens with zero attached hydrogens (tertiary/aromatic N) is 3. The molecule has 1 aliphatic heterocycles. The largest absolute Gasteiger partial charge is 0.392 e. The number of aliphatic imine (C=N–C) groups is 1. The molecule has 0 saturated heterocycles. The van der Waals surface area contributed by atoms with Gasteiger partial charge in [-0.05, 0) is 49.4 Å². The van der Waals surface area contributed by atoms with E-state index in [0.29, 0.717) is 35.9 Å². The molecule has 2 aromatic rings. The van der Waals surface area contributed by atoms with Crippen LogP contribution in [0.3, 0.4) is 0 Å². The summed E-state index contributed by atoms with van der Waals surface area (Å²) in [5.41, 5.74) is 3.73. The quantitative estimate of drug-likeness (QED) is 0.595. The number of pyridine rings is 1. The third-order valence-electron chi connectivity index (χ3n) is 6.72. The highest BCUT2D eigenvalue weighted by atomic mass is 16.3. The maximum absolute atomic E-state index is 13.4. The minimum absolute atomic E-state index is 0.312. The third-order valence-corrected chi connectivity index (χ3v) is 6.72. The normalized spacial score (nSPS) is 19.6. The highest BCUT2D eigenvalue weighted by Gasteiger charge is 2.37. The van der Waals surface area contributed by atoms with Crippen molar-refractivity contribution >= 4 is 23.2 Å². The van der Waals surface area contributed by atoms with E-state index in [1.54, 1.807) is 13.2 Å². The standard InChI is InChI=1S/C27H34N4O3/c1-4-5-10-23(32)20(16-18-11-12-18)26(33)30-25-27(34)31(3)22-9-7-6-8-19(22)24(29-25)21-15-17(2)13-14-28-21/h6-9,13-15,18,20,23,25,32H,4-5,10-12,16H2,1-3H3,(H,30,33)/t20-,23+,25-/m1/s1. The molecule has 2 amide bonds. The molecule has 2 heterocycles. The summed E-state index contributed by atoms with van der Waals surface area (Å²) in [7, 11) is 1.69. The van der Waals surface area contributed by atoms with Gasteiger partial charge in [0.1, 0.15) is 0 Å². The van der Waals surface area contributed by atoms with Crippen molar-refractivity contribution in [3.8, 4) is 0 Å². The number of para-hydroxylation sites is 1. The molecule has 2 N–H and O–H groups in total. The van der Waals surface area contributed by atoms with Crippen LogP contribution in [0.1, 0.15) is 62.3 Å². The molecular weight excluding hydrogens is 428 g/mol. The molecule has 0 unspecified atom stereocenters. The Bertz CT molecular complexity index is 1080. The van der Waals surface area contributed by atoms with Gasteiger partial charge in [-0.25, -0.2) is 4.99 Å². The van der Waals surface area contributed by atoms with Crippen LogP contribution in [0.5, 0.6) is 0 Å². The zero-order valence-electron chi connectivity index (χ0n) is 20.2. The summed E-state index contributed by atoms with van der Waals surface area (Å²) in [6.45, 7) is 4.04. The number of nitrogens with one attached hydrogen (secondary N) is 1. The monoisotopic (exact) mass is 462 g/mol. The van der Waals surface area contributed by atoms with E-state index in [-0.39, 0.29) is 11.8 Å². The second kappa shape index (κ2) is 10.5. The molecule has 7 nitrogen and oxygen atoms in total. The number of hydrogen-bond acceptors (Lipinski definition) is 5. The van der Waals surface area contributed by atoms with Crippen LogP contribution in [0, 0.1) is 18.8 Å². The Morgan fingerprint density at radius 1 is 1.26 bits per heavy atom. The average Bonchev–Trinajstić information content (AvgIpc) is 3.67. The van der Waals surface area contributed by atoms with Crippen LogP contribution in [0.4, 0.5) is 5.69 Å². The molecule has 4 rings (SSSR count). The van der Waals surface area contributed by atoms with Gasteiger partial charge in [0, 0.05) is 18.8 Å². The van der Waals surface area contributed by atoms with Crippen molar-refractivity contribution in [3.05, 3.63) is 59.4 Å². The molecule has 1 fully saturated rings. The lowest BCUT2D eigenvalue weighted by atomic mass is 9.91. The van der Waals surface area contributed by atoms with Crippen LogP contribution >= 0.6 is 0 Å². The molecule has 3 atom stereocenters. The van der Waals surface area contributed by atoms with E-state index in [4.69, 9.17) is 4.99 Å². The lowest BCUT2D eigenvalue weighted by Crippen LogP contribution is -2.49. The fraction of sp³-hybridized carbons (Fsp3) is 0.481. The molecule has 1 aromatic carbocycles. The SMILES string of the molecule is CCCC[C@H](O)[C@@H](CC1CC1)C(=O)N[C@H]1N=C(c2cc(C)ccn2)c2ccccc2N(C)C1=O. The number of likely N-dealkylation sites (N-methyl/N-ethyl adjacent to an activating group) is 1. The van der Waals surface area contributed by atoms with Gasteiger partial charge in [0.15, 0.2) is 0 Å². The third kappa shape index (κ3) is 5.36. The summed E-state index contributed by atoms with van der Waals surface area (Å²) >= 11 is 0. The number of amides is 2. The number of benzodiazepines with no additional fused rings is 1. The number of rotatable bonds is 9. The smallest absolute Gasteiger partial charge is 0.272 e. The molecule has 180 valence electrons. The molecule has 0 bridgehead atoms. The summed E-state index contributed by atoms with van der Waals surface area (Å²) in [6, 6.07) is 11.4. The zero-order valence-corrected chi connectivity index (χ0v) is 20.2. The number of aliphatic hydroxyl groups excluding tert-OH is 1. The summed E-state index contributed by atoms with van der Waals surface area (Å²) in [4.78, 5) is 37.6. The fourth-order valence-corrected chi connectivity index (χ4v) is 4.49. The molecular formula is C27H34N4O3. The predicted octanol–water partition coefficient (Wildman–Crippen LogP) is 3.61. The Labute approximate surface area is 201 Å². The van der Waals surface area contributed by atoms with Crippen molar-refractivity contribution < 1.29 is 14.7 Å². The van der Waals surface area contributed by atoms with Crippen molar-refractivity contribution in [2.45, 2.75) is 64.6 Å². The number of benzene rings is 1. The summed E-state index contributed by atoms with van der Waals surface area (Å²) in [6.07, 6.45) is 5.11. The van der Waals surface area contributed by atoms with E-state index < -0.39 is 18.2 Å². The van der Waals surface area contributed by atoms with E-state index in [2.05, 4.69) is 17.2 Å². The van der Waals surface area contributed by atoms with Gasteiger partial charge in [-0.2, -0.15) is 0 Å². The second-order valence-electron chi connectivity index (χ2n) is 9.52. The van der Waals surface area contributed by atoms with Crippen LogP contribution < -0.4 is 10.2 Å². The first kappa shape index (κ1) is 24.1. The van der Waals surface area contributed by atoms with Gasteiger partial charge in [-0.3, -0.25) is 14.6 Å². The highest BCUT2D eigenvalue weighted by molar-refractivity contribution is 6.19. The summed E-state index contributed by atoms with van der Waals surface area (Å²) < 4.78 is 0. The van der Waals surface area contributed by atoms with Crippen molar-refractivity contribution in [2.75, 3.05) is 11.9 Å². The second-order valence-corrected chi connectivity index (χ2v) is 9.52. The Morgan fingerprint density at radius 2 is 2.03 bits per heavy atom. The highest BCUT2D eigenvalue weighted by Crippen LogP contribution is 2.37. The molecule has 0 spiro atoms. The first-order chi connectivity index (χ1) is 16.4. The van der Waals surface area contributed by atoms with Gasteiger partial charge in [-0.1, -0.05) is 50.8 Å². The topological polar surface area (TPSA) is 94.9 Å². The maximum Gasteiger partial charge on any atom is 0.272 e. The van der Waals surface area contributed by atoms with Crippen LogP contribution in [0.15, 0.2) is 47.6 Å². The number of anilines is 1. The molecule has 2 aliphatic rings. The molecule has 7 heteroatoms. The summed E-state index contributed by atoms with van der Waals surface area (Å²) in [5, 5.41) is 13.7. The molecule has 1 aliphatic carbocycles. The Kier molecular flexibility index (Phi) is 7.41. The lowest BCUT2D eigenvalue weighted by molar-refractivity contribution is -0.133. The molecule has 0 radical (unpaired) electrons. The lowest BCUT2D eigenvalue weighted by Gasteiger charge is -2.25. The number of aryl methyl sites for hydroxylation is 1. The fourth-order valence-electron chi connectivity index (χ4n) is 4.49. The maximum atomic E-state index is 13.4. The molecule has 1 aromatic heterocycles. The van der Waals surface area contributed by atoms with Crippen molar-refractivity contribution in [2.24, 2.45) is 16.8 Å². The number of fused-ring (bicyclic) bond motifs is 1. The number of aliphatic hydroxyl groups is 1. The summed E-state index contributed by atoms with van der Waals surface area (Å²) in [5.74, 6) is -0.706. The average molecular weight is 463 g/mol. The molecule has 1 saturated carbocycles. The molecule has 34 heavy (non-hydrogen) atoms. The van der Waals surface area contributed by atoms with Crippen molar-refractivity contribution in [1.29, 1.82) is 0 Å². The van der Waals surface area contributed by atoms with Gasteiger partial charge in [-0.15, -0.1) is 0 Å². The first-order valence-electron chi connectivity index (χ1n) is 12.2. The van der Waals surface area contributed by atoms with Gasteiger partial charge < -0.3 is 15.3 Å². The Balaban J connectivity index is 1.67. The van der Waals surface area contributed by atoms with Gasteiger partial charge in [0.25, 0.3) is 5.91 Å². The number of carbonyl (C=O) groups is 2. The van der Waals surface area contributed by atoms with Gasteiger partial charge in [0.05, 0.1) is 29.1 Å². The minimum Gasteiger partial charge on any atom is -0.392 e.